The summed E-state index contributed by atoms with van der Waals surface area (Å²) in [6.45, 7) is 17.7. The minimum atomic E-state index is -0.199. The molecular formula is C30H48N2O2. The minimum Gasteiger partial charge on any atom is -0.512 e. The Balaban J connectivity index is 1.51. The van der Waals surface area contributed by atoms with Gasteiger partial charge < -0.3 is 14.7 Å². The number of allylic oxidation sites excluding steroid dienone is 3. The van der Waals surface area contributed by atoms with Crippen LogP contribution in [0.1, 0.15) is 93.4 Å². The molecule has 1 N–H and O–H groups in total. The Bertz CT molecular complexity index is 876. The van der Waals surface area contributed by atoms with Crippen LogP contribution >= 0.6 is 0 Å². The lowest BCUT2D eigenvalue weighted by atomic mass is 9.61. The Morgan fingerprint density at radius 1 is 1.18 bits per heavy atom. The van der Waals surface area contributed by atoms with Crippen LogP contribution in [0.25, 0.3) is 0 Å². The van der Waals surface area contributed by atoms with Crippen LogP contribution in [-0.2, 0) is 4.74 Å². The molecule has 190 valence electrons. The maximum atomic E-state index is 11.4. The molecule has 4 heteroatoms. The molecule has 0 spiro atoms. The number of aliphatic imine (C=N–C) groups is 1. The summed E-state index contributed by atoms with van der Waals surface area (Å²) in [6, 6.07) is 0. The van der Waals surface area contributed by atoms with Gasteiger partial charge in [0.15, 0.2) is 0 Å². The number of fused-ring (bicyclic) bond motifs is 3. The van der Waals surface area contributed by atoms with Crippen LogP contribution in [0.5, 0.6) is 0 Å². The quantitative estimate of drug-likeness (QED) is 0.302. The van der Waals surface area contributed by atoms with E-state index in [4.69, 9.17) is 4.74 Å². The maximum absolute atomic E-state index is 11.4. The van der Waals surface area contributed by atoms with Gasteiger partial charge in [-0.15, -0.1) is 0 Å². The normalized spacial score (nSPS) is 32.0. The van der Waals surface area contributed by atoms with Gasteiger partial charge in [-0.25, -0.2) is 0 Å². The highest BCUT2D eigenvalue weighted by molar-refractivity contribution is 5.59. The fraction of sp³-hybridized carbons (Fsp3) is 0.767. The Morgan fingerprint density at radius 3 is 2.62 bits per heavy atom. The lowest BCUT2D eigenvalue weighted by Gasteiger charge is -2.54. The molecular weight excluding hydrogens is 420 g/mol. The number of nitrogens with zero attached hydrogens (tertiary/aromatic N) is 2. The van der Waals surface area contributed by atoms with Crippen molar-refractivity contribution in [2.24, 2.45) is 28.2 Å². The summed E-state index contributed by atoms with van der Waals surface area (Å²) in [5.74, 6) is 1.43. The van der Waals surface area contributed by atoms with Crippen LogP contribution < -0.4 is 0 Å². The SMILES string of the molecule is CCCCCCC(C)(C)C1=CC2OC(C)(C)[C@H]3CC=C(CN4C=NC(C)(C)C4)CC3[C@@H]2C(O)=C1. The lowest BCUT2D eigenvalue weighted by molar-refractivity contribution is -0.177. The third-order valence-electron chi connectivity index (χ3n) is 8.82. The van der Waals surface area contributed by atoms with E-state index >= 15 is 0 Å². The van der Waals surface area contributed by atoms with E-state index in [1.165, 1.54) is 36.8 Å². The van der Waals surface area contributed by atoms with Crippen LogP contribution in [-0.4, -0.2) is 46.7 Å². The molecule has 1 saturated heterocycles. The molecule has 0 saturated carbocycles. The first-order valence-electron chi connectivity index (χ1n) is 13.7. The van der Waals surface area contributed by atoms with E-state index in [0.29, 0.717) is 17.6 Å². The molecule has 2 aliphatic carbocycles. The van der Waals surface area contributed by atoms with Crippen LogP contribution in [0, 0.1) is 23.2 Å². The smallest absolute Gasteiger partial charge is 0.0988 e. The number of unbranched alkanes of at least 4 members (excludes halogenated alkanes) is 3. The lowest BCUT2D eigenvalue weighted by Crippen LogP contribution is -2.55. The van der Waals surface area contributed by atoms with E-state index in [-0.39, 0.29) is 28.6 Å². The number of hydrogen-bond acceptors (Lipinski definition) is 4. The molecule has 0 amide bonds. The minimum absolute atomic E-state index is 0.0123. The predicted molar refractivity (Wildman–Crippen MR) is 142 cm³/mol. The van der Waals surface area contributed by atoms with E-state index in [2.05, 4.69) is 76.6 Å². The van der Waals surface area contributed by atoms with E-state index in [9.17, 15) is 5.11 Å². The monoisotopic (exact) mass is 468 g/mol. The van der Waals surface area contributed by atoms with Crippen molar-refractivity contribution in [3.8, 4) is 0 Å². The zero-order valence-corrected chi connectivity index (χ0v) is 22.7. The Hall–Kier alpha value is -1.55. The molecule has 0 aromatic rings. The zero-order valence-electron chi connectivity index (χ0n) is 22.7. The second-order valence-electron chi connectivity index (χ2n) is 13.1. The first kappa shape index (κ1) is 25.5. The third kappa shape index (κ3) is 5.32. The van der Waals surface area contributed by atoms with E-state index in [0.717, 1.165) is 32.4 Å². The highest BCUT2D eigenvalue weighted by Crippen LogP contribution is 2.53. The van der Waals surface area contributed by atoms with Crippen molar-refractivity contribution in [1.29, 1.82) is 0 Å². The molecule has 1 fully saturated rings. The second kappa shape index (κ2) is 9.48. The molecule has 2 heterocycles. The molecule has 4 nitrogen and oxygen atoms in total. The summed E-state index contributed by atoms with van der Waals surface area (Å²) in [5, 5.41) is 11.4. The Morgan fingerprint density at radius 2 is 1.94 bits per heavy atom. The molecule has 0 aromatic heterocycles. The standard InChI is InChI=1S/C30H48N2O2/c1-8-9-10-11-14-28(2,3)22-16-25(33)27-23-15-21(18-32-19-29(4,5)31-20-32)12-13-24(23)30(6,7)34-26(27)17-22/h12,16-17,20,23-24,26-27,33H,8-11,13-15,18-19H2,1-7H3/t23?,24-,26?,27+/m0/s1. The van der Waals surface area contributed by atoms with Crippen molar-refractivity contribution in [2.45, 2.75) is 111 Å². The van der Waals surface area contributed by atoms with Crippen molar-refractivity contribution < 1.29 is 9.84 Å². The van der Waals surface area contributed by atoms with Crippen LogP contribution in [0.15, 0.2) is 40.1 Å². The number of aliphatic hydroxyl groups excluding tert-OH is 1. The van der Waals surface area contributed by atoms with Gasteiger partial charge in [0.25, 0.3) is 0 Å². The zero-order chi connectivity index (χ0) is 24.7. The van der Waals surface area contributed by atoms with Gasteiger partial charge in [-0.1, -0.05) is 64.2 Å². The molecule has 34 heavy (non-hydrogen) atoms. The number of rotatable bonds is 8. The van der Waals surface area contributed by atoms with Gasteiger partial charge in [0, 0.05) is 19.0 Å². The Labute approximate surface area is 208 Å². The summed E-state index contributed by atoms with van der Waals surface area (Å²) >= 11 is 0. The van der Waals surface area contributed by atoms with Crippen molar-refractivity contribution in [1.82, 2.24) is 4.90 Å². The van der Waals surface area contributed by atoms with Crippen molar-refractivity contribution in [2.75, 3.05) is 13.1 Å². The van der Waals surface area contributed by atoms with E-state index in [1.54, 1.807) is 0 Å². The van der Waals surface area contributed by atoms with Gasteiger partial charge >= 0.3 is 0 Å². The van der Waals surface area contributed by atoms with Gasteiger partial charge in [0.05, 0.1) is 29.3 Å². The summed E-state index contributed by atoms with van der Waals surface area (Å²) in [4.78, 5) is 7.01. The summed E-state index contributed by atoms with van der Waals surface area (Å²) in [5.41, 5.74) is 2.60. The van der Waals surface area contributed by atoms with Crippen LogP contribution in [0.4, 0.5) is 0 Å². The summed E-state index contributed by atoms with van der Waals surface area (Å²) < 4.78 is 6.74. The second-order valence-corrected chi connectivity index (χ2v) is 13.1. The van der Waals surface area contributed by atoms with Crippen molar-refractivity contribution in [3.05, 3.63) is 35.1 Å². The largest absolute Gasteiger partial charge is 0.512 e. The molecule has 0 bridgehead atoms. The van der Waals surface area contributed by atoms with Crippen LogP contribution in [0.3, 0.4) is 0 Å². The third-order valence-corrected chi connectivity index (χ3v) is 8.82. The highest BCUT2D eigenvalue weighted by Gasteiger charge is 2.52. The average molecular weight is 469 g/mol. The van der Waals surface area contributed by atoms with E-state index in [1.807, 2.05) is 6.34 Å². The molecule has 4 rings (SSSR count). The first-order valence-corrected chi connectivity index (χ1v) is 13.7. The van der Waals surface area contributed by atoms with Crippen molar-refractivity contribution in [3.63, 3.8) is 0 Å². The van der Waals surface area contributed by atoms with Gasteiger partial charge in [-0.2, -0.15) is 0 Å². The van der Waals surface area contributed by atoms with Crippen LogP contribution in [0.2, 0.25) is 0 Å². The summed E-state index contributed by atoms with van der Waals surface area (Å²) in [7, 11) is 0. The first-order chi connectivity index (χ1) is 15.9. The molecule has 4 aliphatic rings. The van der Waals surface area contributed by atoms with Gasteiger partial charge in [0.1, 0.15) is 0 Å². The van der Waals surface area contributed by atoms with Crippen molar-refractivity contribution >= 4 is 6.34 Å². The van der Waals surface area contributed by atoms with Gasteiger partial charge in [-0.3, -0.25) is 4.99 Å². The number of aliphatic hydroxyl groups is 1. The van der Waals surface area contributed by atoms with Gasteiger partial charge in [-0.05, 0) is 75.9 Å². The average Bonchev–Trinajstić information content (AvgIpc) is 3.08. The fourth-order valence-corrected chi connectivity index (χ4v) is 6.80. The molecule has 0 aromatic carbocycles. The summed E-state index contributed by atoms with van der Waals surface area (Å²) in [6.07, 6.45) is 17.2. The predicted octanol–water partition coefficient (Wildman–Crippen LogP) is 7.23. The fourth-order valence-electron chi connectivity index (χ4n) is 6.80. The molecule has 0 radical (unpaired) electrons. The molecule has 4 atom stereocenters. The number of hydrogen-bond donors (Lipinski definition) is 1. The molecule has 2 aliphatic heterocycles. The highest BCUT2D eigenvalue weighted by atomic mass is 16.5. The topological polar surface area (TPSA) is 45.1 Å². The number of ether oxygens (including phenoxy) is 1. The maximum Gasteiger partial charge on any atom is 0.0988 e. The Kier molecular flexibility index (Phi) is 7.12. The van der Waals surface area contributed by atoms with Gasteiger partial charge in [0.2, 0.25) is 0 Å². The molecule has 2 unspecified atom stereocenters. The van der Waals surface area contributed by atoms with E-state index < -0.39 is 0 Å².